The van der Waals surface area contributed by atoms with Crippen LogP contribution < -0.4 is 5.32 Å². The molecule has 2 aromatic heterocycles. The minimum absolute atomic E-state index is 0.358. The molecule has 0 radical (unpaired) electrons. The molecule has 17 heavy (non-hydrogen) atoms. The number of rotatable bonds is 4. The van der Waals surface area contributed by atoms with Crippen molar-refractivity contribution in [1.29, 1.82) is 0 Å². The molecule has 2 unspecified atom stereocenters. The topological polar surface area (TPSA) is 24.9 Å². The fourth-order valence-electron chi connectivity index (χ4n) is 2.07. The fraction of sp³-hybridized carbons (Fsp3) is 0.462. The van der Waals surface area contributed by atoms with E-state index < -0.39 is 0 Å². The Morgan fingerprint density at radius 1 is 1.24 bits per heavy atom. The first kappa shape index (κ1) is 12.7. The van der Waals surface area contributed by atoms with Crippen molar-refractivity contribution in [1.82, 2.24) is 10.3 Å². The van der Waals surface area contributed by atoms with Crippen LogP contribution in [0.3, 0.4) is 0 Å². The smallest absolute Gasteiger partial charge is 0.0794 e. The van der Waals surface area contributed by atoms with Gasteiger partial charge in [-0.2, -0.15) is 0 Å². The van der Waals surface area contributed by atoms with Crippen molar-refractivity contribution < 1.29 is 0 Å². The van der Waals surface area contributed by atoms with Gasteiger partial charge in [-0.1, -0.05) is 0 Å². The van der Waals surface area contributed by atoms with Crippen LogP contribution in [0, 0.1) is 13.8 Å². The van der Waals surface area contributed by atoms with Crippen molar-refractivity contribution in [2.24, 2.45) is 0 Å². The summed E-state index contributed by atoms with van der Waals surface area (Å²) < 4.78 is 0. The highest BCUT2D eigenvalue weighted by molar-refractivity contribution is 7.12. The molecule has 92 valence electrons. The number of aromatic nitrogens is 1. The van der Waals surface area contributed by atoms with E-state index in [2.05, 4.69) is 44.1 Å². The summed E-state index contributed by atoms with van der Waals surface area (Å²) in [5.74, 6) is 0. The first-order chi connectivity index (χ1) is 8.08. The van der Waals surface area contributed by atoms with Crippen LogP contribution in [0.15, 0.2) is 17.8 Å². The quantitative estimate of drug-likeness (QED) is 0.895. The zero-order valence-corrected chi connectivity index (χ0v) is 12.3. The molecule has 0 saturated carbocycles. The number of hydrogen-bond acceptors (Lipinski definition) is 4. The average Bonchev–Trinajstić information content (AvgIpc) is 2.87. The van der Waals surface area contributed by atoms with E-state index in [1.807, 2.05) is 23.0 Å². The molecule has 0 aromatic carbocycles. The lowest BCUT2D eigenvalue weighted by atomic mass is 10.1. The number of nitrogens with zero attached hydrogens (tertiary/aromatic N) is 1. The Bertz CT molecular complexity index is 474. The highest BCUT2D eigenvalue weighted by Gasteiger charge is 2.15. The molecule has 0 spiro atoms. The predicted molar refractivity (Wildman–Crippen MR) is 75.9 cm³/mol. The van der Waals surface area contributed by atoms with Gasteiger partial charge in [-0.25, -0.2) is 0 Å². The molecule has 0 bridgehead atoms. The highest BCUT2D eigenvalue weighted by Crippen LogP contribution is 2.28. The highest BCUT2D eigenvalue weighted by atomic mass is 32.1. The molecule has 2 atom stereocenters. The van der Waals surface area contributed by atoms with Crippen LogP contribution in [0.1, 0.15) is 46.1 Å². The lowest BCUT2D eigenvalue weighted by Gasteiger charge is -2.19. The van der Waals surface area contributed by atoms with Crippen LogP contribution in [-0.2, 0) is 0 Å². The zero-order chi connectivity index (χ0) is 12.4. The van der Waals surface area contributed by atoms with Gasteiger partial charge in [0.2, 0.25) is 0 Å². The third-order valence-corrected chi connectivity index (χ3v) is 4.86. The number of thiazole rings is 1. The van der Waals surface area contributed by atoms with Crippen LogP contribution in [0.25, 0.3) is 0 Å². The summed E-state index contributed by atoms with van der Waals surface area (Å²) in [5.41, 5.74) is 3.31. The van der Waals surface area contributed by atoms with Gasteiger partial charge in [0, 0.05) is 32.9 Å². The van der Waals surface area contributed by atoms with E-state index in [-0.39, 0.29) is 0 Å². The average molecular weight is 266 g/mol. The molecule has 0 aliphatic carbocycles. The second-order valence-corrected chi connectivity index (χ2v) is 6.76. The third kappa shape index (κ3) is 2.94. The first-order valence-electron chi connectivity index (χ1n) is 5.79. The second-order valence-electron chi connectivity index (χ2n) is 4.38. The summed E-state index contributed by atoms with van der Waals surface area (Å²) in [4.78, 5) is 8.22. The van der Waals surface area contributed by atoms with Crippen molar-refractivity contribution in [2.75, 3.05) is 0 Å². The van der Waals surface area contributed by atoms with Gasteiger partial charge in [0.15, 0.2) is 0 Å². The van der Waals surface area contributed by atoms with E-state index in [4.69, 9.17) is 0 Å². The van der Waals surface area contributed by atoms with E-state index in [1.165, 1.54) is 20.2 Å². The van der Waals surface area contributed by atoms with E-state index in [0.29, 0.717) is 12.1 Å². The summed E-state index contributed by atoms with van der Waals surface area (Å²) in [6.45, 7) is 8.79. The molecule has 0 fully saturated rings. The van der Waals surface area contributed by atoms with E-state index in [9.17, 15) is 0 Å². The van der Waals surface area contributed by atoms with Crippen molar-refractivity contribution >= 4 is 22.7 Å². The summed E-state index contributed by atoms with van der Waals surface area (Å²) in [6, 6.07) is 3.03. The molecule has 2 nitrogen and oxygen atoms in total. The number of hydrogen-bond donors (Lipinski definition) is 1. The molecular weight excluding hydrogens is 248 g/mol. The molecule has 0 aliphatic rings. The zero-order valence-electron chi connectivity index (χ0n) is 10.7. The largest absolute Gasteiger partial charge is 0.303 e. The van der Waals surface area contributed by atoms with Crippen LogP contribution >= 0.6 is 22.7 Å². The van der Waals surface area contributed by atoms with Crippen LogP contribution in [0.2, 0.25) is 0 Å². The maximum atomic E-state index is 4.13. The van der Waals surface area contributed by atoms with Gasteiger partial charge >= 0.3 is 0 Å². The monoisotopic (exact) mass is 266 g/mol. The number of aryl methyl sites for hydroxylation is 2. The number of nitrogens with one attached hydrogen (secondary N) is 1. The van der Waals surface area contributed by atoms with Crippen LogP contribution in [0.5, 0.6) is 0 Å². The molecule has 0 amide bonds. The molecular formula is C13H18N2S2. The Balaban J connectivity index is 2.06. The van der Waals surface area contributed by atoms with Gasteiger partial charge in [-0.3, -0.25) is 4.98 Å². The first-order valence-corrected chi connectivity index (χ1v) is 7.49. The summed E-state index contributed by atoms with van der Waals surface area (Å²) in [6.07, 6.45) is 1.95. The number of thiophene rings is 1. The fourth-order valence-corrected chi connectivity index (χ4v) is 3.73. The van der Waals surface area contributed by atoms with Gasteiger partial charge in [0.1, 0.15) is 0 Å². The molecule has 2 rings (SSSR count). The van der Waals surface area contributed by atoms with Gasteiger partial charge in [-0.05, 0) is 39.3 Å². The lowest BCUT2D eigenvalue weighted by Crippen LogP contribution is -2.21. The molecule has 0 aliphatic heterocycles. The standard InChI is InChI=1S/C13H18N2S2/c1-8-5-12(11(4)17-8)9(2)15-10(3)13-6-14-7-16-13/h5-7,9-10,15H,1-4H3. The molecule has 2 heterocycles. The second kappa shape index (κ2) is 5.29. The van der Waals surface area contributed by atoms with Crippen molar-refractivity contribution in [3.8, 4) is 0 Å². The lowest BCUT2D eigenvalue weighted by molar-refractivity contribution is 0.499. The minimum Gasteiger partial charge on any atom is -0.303 e. The Kier molecular flexibility index (Phi) is 3.97. The Hall–Kier alpha value is -0.710. The normalized spacial score (nSPS) is 14.8. The van der Waals surface area contributed by atoms with Gasteiger partial charge in [0.25, 0.3) is 0 Å². The van der Waals surface area contributed by atoms with Crippen LogP contribution in [0.4, 0.5) is 0 Å². The SMILES string of the molecule is Cc1cc(C(C)NC(C)c2cncs2)c(C)s1. The van der Waals surface area contributed by atoms with E-state index >= 15 is 0 Å². The Labute approximate surface area is 111 Å². The van der Waals surface area contributed by atoms with Crippen molar-refractivity contribution in [3.63, 3.8) is 0 Å². The Morgan fingerprint density at radius 3 is 2.53 bits per heavy atom. The van der Waals surface area contributed by atoms with E-state index in [0.717, 1.165) is 0 Å². The maximum Gasteiger partial charge on any atom is 0.0794 e. The molecule has 0 saturated heterocycles. The molecule has 1 N–H and O–H groups in total. The predicted octanol–water partition coefficient (Wildman–Crippen LogP) is 4.23. The van der Waals surface area contributed by atoms with Crippen molar-refractivity contribution in [3.05, 3.63) is 38.0 Å². The van der Waals surface area contributed by atoms with Gasteiger partial charge < -0.3 is 5.32 Å². The molecule has 2 aromatic rings. The summed E-state index contributed by atoms with van der Waals surface area (Å²) in [7, 11) is 0. The van der Waals surface area contributed by atoms with Gasteiger partial charge in [0.05, 0.1) is 5.51 Å². The maximum absolute atomic E-state index is 4.13. The third-order valence-electron chi connectivity index (χ3n) is 2.92. The van der Waals surface area contributed by atoms with Crippen molar-refractivity contribution in [2.45, 2.75) is 39.8 Å². The van der Waals surface area contributed by atoms with E-state index in [1.54, 1.807) is 11.3 Å². The summed E-state index contributed by atoms with van der Waals surface area (Å²) in [5, 5.41) is 3.63. The van der Waals surface area contributed by atoms with Crippen LogP contribution in [-0.4, -0.2) is 4.98 Å². The molecule has 4 heteroatoms. The Morgan fingerprint density at radius 2 is 2.00 bits per heavy atom. The summed E-state index contributed by atoms with van der Waals surface area (Å²) >= 11 is 3.58. The minimum atomic E-state index is 0.358. The van der Waals surface area contributed by atoms with Gasteiger partial charge in [-0.15, -0.1) is 22.7 Å².